The molecule has 0 aliphatic heterocycles. The lowest BCUT2D eigenvalue weighted by Crippen LogP contribution is -2.16. The van der Waals surface area contributed by atoms with Crippen molar-refractivity contribution >= 4 is 11.8 Å². The van der Waals surface area contributed by atoms with E-state index in [0.29, 0.717) is 18.2 Å². The Hall–Kier alpha value is -1.71. The third kappa shape index (κ3) is 4.35. The molecule has 0 radical (unpaired) electrons. The average molecular weight is 209 g/mol. The molecule has 0 heterocycles. The van der Waals surface area contributed by atoms with E-state index < -0.39 is 6.09 Å². The first-order valence-corrected chi connectivity index (χ1v) is 4.80. The summed E-state index contributed by atoms with van der Waals surface area (Å²) in [4.78, 5) is 11.2. The van der Waals surface area contributed by atoms with Gasteiger partial charge in [-0.2, -0.15) is 0 Å². The number of ether oxygens (including phenoxy) is 1. The summed E-state index contributed by atoms with van der Waals surface area (Å²) in [6, 6.07) is 6.31. The molecule has 0 spiro atoms. The van der Waals surface area contributed by atoms with Gasteiger partial charge in [0.05, 0.1) is 6.61 Å². The molecule has 1 aromatic rings. The molecule has 4 nitrogen and oxygen atoms in total. The number of benzene rings is 1. The molecule has 15 heavy (non-hydrogen) atoms. The monoisotopic (exact) mass is 209 g/mol. The molecule has 0 bridgehead atoms. The van der Waals surface area contributed by atoms with Crippen LogP contribution in [0, 0.1) is 5.92 Å². The first-order chi connectivity index (χ1) is 7.08. The zero-order valence-corrected chi connectivity index (χ0v) is 8.86. The van der Waals surface area contributed by atoms with Gasteiger partial charge in [-0.25, -0.2) is 4.79 Å². The number of nitrogens with one attached hydrogen (secondary N) is 1. The van der Waals surface area contributed by atoms with E-state index in [1.165, 1.54) is 12.1 Å². The zero-order chi connectivity index (χ0) is 11.3. The van der Waals surface area contributed by atoms with Crippen LogP contribution >= 0.6 is 0 Å². The van der Waals surface area contributed by atoms with Gasteiger partial charge in [-0.1, -0.05) is 19.9 Å². The number of phenols is 1. The Labute approximate surface area is 88.9 Å². The van der Waals surface area contributed by atoms with Gasteiger partial charge < -0.3 is 9.84 Å². The van der Waals surface area contributed by atoms with Crippen LogP contribution in [0.25, 0.3) is 0 Å². The number of anilines is 1. The lowest BCUT2D eigenvalue weighted by molar-refractivity contribution is 0.147. The van der Waals surface area contributed by atoms with Crippen molar-refractivity contribution in [2.75, 3.05) is 11.9 Å². The molecule has 0 aliphatic carbocycles. The lowest BCUT2D eigenvalue weighted by atomic mass is 10.2. The van der Waals surface area contributed by atoms with Gasteiger partial charge in [0.2, 0.25) is 0 Å². The Bertz CT molecular complexity index is 336. The van der Waals surface area contributed by atoms with E-state index >= 15 is 0 Å². The van der Waals surface area contributed by atoms with Crippen molar-refractivity contribution in [1.29, 1.82) is 0 Å². The number of amides is 1. The molecule has 0 unspecified atom stereocenters. The van der Waals surface area contributed by atoms with Crippen molar-refractivity contribution in [1.82, 2.24) is 0 Å². The minimum absolute atomic E-state index is 0.108. The van der Waals surface area contributed by atoms with Crippen LogP contribution in [0.1, 0.15) is 13.8 Å². The fourth-order valence-corrected chi connectivity index (χ4v) is 0.980. The number of carbonyl (C=O) groups excluding carboxylic acids is 1. The highest BCUT2D eigenvalue weighted by Crippen LogP contribution is 2.15. The summed E-state index contributed by atoms with van der Waals surface area (Å²) in [5.41, 5.74) is 0.517. The maximum Gasteiger partial charge on any atom is 0.411 e. The predicted molar refractivity (Wildman–Crippen MR) is 57.9 cm³/mol. The van der Waals surface area contributed by atoms with Crippen molar-refractivity contribution in [2.24, 2.45) is 5.92 Å². The van der Waals surface area contributed by atoms with Gasteiger partial charge >= 0.3 is 6.09 Å². The fourth-order valence-electron chi connectivity index (χ4n) is 0.980. The summed E-state index contributed by atoms with van der Waals surface area (Å²) in [6.07, 6.45) is -0.505. The molecule has 0 aliphatic rings. The van der Waals surface area contributed by atoms with Crippen molar-refractivity contribution < 1.29 is 14.6 Å². The highest BCUT2D eigenvalue weighted by molar-refractivity contribution is 5.84. The Morgan fingerprint density at radius 2 is 2.27 bits per heavy atom. The summed E-state index contributed by atoms with van der Waals surface area (Å²) in [5, 5.41) is 11.7. The highest BCUT2D eigenvalue weighted by Gasteiger charge is 2.04. The van der Waals surface area contributed by atoms with E-state index in [1.807, 2.05) is 13.8 Å². The average Bonchev–Trinajstić information content (AvgIpc) is 2.15. The van der Waals surface area contributed by atoms with E-state index in [0.717, 1.165) is 0 Å². The number of aromatic hydroxyl groups is 1. The topological polar surface area (TPSA) is 58.6 Å². The van der Waals surface area contributed by atoms with Gasteiger partial charge in [0.25, 0.3) is 0 Å². The second kappa shape index (κ2) is 5.24. The quantitative estimate of drug-likeness (QED) is 0.804. The Morgan fingerprint density at radius 1 is 1.53 bits per heavy atom. The summed E-state index contributed by atoms with van der Waals surface area (Å²) in [7, 11) is 0. The van der Waals surface area contributed by atoms with Gasteiger partial charge in [0.15, 0.2) is 0 Å². The maximum atomic E-state index is 11.2. The normalized spacial score (nSPS) is 10.1. The molecular formula is C11H15NO3. The molecule has 0 saturated heterocycles. The molecule has 1 rings (SSSR count). The number of hydrogen-bond donors (Lipinski definition) is 2. The number of hydrogen-bond acceptors (Lipinski definition) is 3. The van der Waals surface area contributed by atoms with E-state index in [4.69, 9.17) is 9.84 Å². The smallest absolute Gasteiger partial charge is 0.411 e. The minimum atomic E-state index is -0.505. The van der Waals surface area contributed by atoms with Gasteiger partial charge in [-0.3, -0.25) is 5.32 Å². The molecule has 1 aromatic carbocycles. The minimum Gasteiger partial charge on any atom is -0.508 e. The maximum absolute atomic E-state index is 11.2. The van der Waals surface area contributed by atoms with Crippen molar-refractivity contribution in [2.45, 2.75) is 13.8 Å². The lowest BCUT2D eigenvalue weighted by Gasteiger charge is -2.08. The first-order valence-electron chi connectivity index (χ1n) is 4.80. The first kappa shape index (κ1) is 11.4. The van der Waals surface area contributed by atoms with Gasteiger partial charge in [-0.05, 0) is 18.1 Å². The molecule has 1 amide bonds. The second-order valence-electron chi connectivity index (χ2n) is 3.67. The third-order valence-corrected chi connectivity index (χ3v) is 1.64. The predicted octanol–water partition coefficient (Wildman–Crippen LogP) is 2.60. The number of phenolic OH excluding ortho intramolecular Hbond substituents is 1. The Balaban J connectivity index is 2.44. The number of carbonyl (C=O) groups is 1. The van der Waals surface area contributed by atoms with Crippen molar-refractivity contribution in [3.63, 3.8) is 0 Å². The zero-order valence-electron chi connectivity index (χ0n) is 8.86. The van der Waals surface area contributed by atoms with E-state index in [9.17, 15) is 4.79 Å². The standard InChI is InChI=1S/C11H15NO3/c1-8(2)7-15-11(14)12-9-4-3-5-10(13)6-9/h3-6,8,13H,7H2,1-2H3,(H,12,14). The van der Waals surface area contributed by atoms with Crippen molar-refractivity contribution in [3.05, 3.63) is 24.3 Å². The van der Waals surface area contributed by atoms with Crippen LogP contribution in [0.2, 0.25) is 0 Å². The van der Waals surface area contributed by atoms with Gasteiger partial charge in [-0.15, -0.1) is 0 Å². The Kier molecular flexibility index (Phi) is 3.97. The van der Waals surface area contributed by atoms with E-state index in [-0.39, 0.29) is 5.75 Å². The SMILES string of the molecule is CC(C)COC(=O)Nc1cccc(O)c1. The third-order valence-electron chi connectivity index (χ3n) is 1.64. The molecule has 0 aromatic heterocycles. The van der Waals surface area contributed by atoms with Crippen molar-refractivity contribution in [3.8, 4) is 5.75 Å². The largest absolute Gasteiger partial charge is 0.508 e. The molecule has 4 heteroatoms. The summed E-state index contributed by atoms with van der Waals surface area (Å²) in [5.74, 6) is 0.414. The molecule has 0 saturated carbocycles. The van der Waals surface area contributed by atoms with Crippen LogP contribution in [0.5, 0.6) is 5.75 Å². The van der Waals surface area contributed by atoms with Crippen LogP contribution in [-0.4, -0.2) is 17.8 Å². The Morgan fingerprint density at radius 3 is 2.87 bits per heavy atom. The molecule has 0 fully saturated rings. The molecular weight excluding hydrogens is 194 g/mol. The van der Waals surface area contributed by atoms with Crippen LogP contribution in [-0.2, 0) is 4.74 Å². The van der Waals surface area contributed by atoms with Gasteiger partial charge in [0, 0.05) is 11.8 Å². The van der Waals surface area contributed by atoms with Crippen LogP contribution in [0.4, 0.5) is 10.5 Å². The fraction of sp³-hybridized carbons (Fsp3) is 0.364. The highest BCUT2D eigenvalue weighted by atomic mass is 16.5. The van der Waals surface area contributed by atoms with Crippen LogP contribution in [0.15, 0.2) is 24.3 Å². The van der Waals surface area contributed by atoms with E-state index in [2.05, 4.69) is 5.32 Å². The summed E-state index contributed by atoms with van der Waals surface area (Å²) in [6.45, 7) is 4.30. The summed E-state index contributed by atoms with van der Waals surface area (Å²) < 4.78 is 4.92. The van der Waals surface area contributed by atoms with Gasteiger partial charge in [0.1, 0.15) is 5.75 Å². The number of rotatable bonds is 3. The second-order valence-corrected chi connectivity index (χ2v) is 3.67. The molecule has 0 atom stereocenters. The van der Waals surface area contributed by atoms with E-state index in [1.54, 1.807) is 12.1 Å². The molecule has 82 valence electrons. The summed E-state index contributed by atoms with van der Waals surface area (Å²) >= 11 is 0. The van der Waals surface area contributed by atoms with Crippen LogP contribution < -0.4 is 5.32 Å². The van der Waals surface area contributed by atoms with Crippen LogP contribution in [0.3, 0.4) is 0 Å². The molecule has 2 N–H and O–H groups in total.